The van der Waals surface area contributed by atoms with Crippen molar-refractivity contribution in [2.24, 2.45) is 0 Å². The van der Waals surface area contributed by atoms with Gasteiger partial charge in [-0.3, -0.25) is 0 Å². The quantitative estimate of drug-likeness (QED) is 0.715. The number of aromatic nitrogens is 2. The van der Waals surface area contributed by atoms with Crippen molar-refractivity contribution in [1.29, 1.82) is 0 Å². The van der Waals surface area contributed by atoms with Crippen LogP contribution in [0.15, 0.2) is 12.1 Å². The van der Waals surface area contributed by atoms with Gasteiger partial charge in [0.15, 0.2) is 11.0 Å². The SMILES string of the molecule is CC1CCCCN1c1ccc(Cl)nn1. The Morgan fingerprint density at radius 1 is 1.36 bits per heavy atom. The molecule has 1 aromatic heterocycles. The van der Waals surface area contributed by atoms with Crippen LogP contribution >= 0.6 is 11.6 Å². The van der Waals surface area contributed by atoms with Gasteiger partial charge < -0.3 is 4.90 Å². The Balaban J connectivity index is 2.16. The summed E-state index contributed by atoms with van der Waals surface area (Å²) in [6.07, 6.45) is 3.80. The molecule has 1 atom stereocenters. The number of nitrogens with zero attached hydrogens (tertiary/aromatic N) is 3. The maximum atomic E-state index is 5.69. The third-order valence-corrected chi connectivity index (χ3v) is 2.92. The highest BCUT2D eigenvalue weighted by Gasteiger charge is 2.19. The van der Waals surface area contributed by atoms with E-state index in [0.29, 0.717) is 11.2 Å². The zero-order valence-electron chi connectivity index (χ0n) is 8.28. The van der Waals surface area contributed by atoms with Crippen molar-refractivity contribution in [3.05, 3.63) is 17.3 Å². The lowest BCUT2D eigenvalue weighted by Crippen LogP contribution is -2.38. The summed E-state index contributed by atoms with van der Waals surface area (Å²) in [4.78, 5) is 2.30. The van der Waals surface area contributed by atoms with Gasteiger partial charge in [-0.15, -0.1) is 10.2 Å². The van der Waals surface area contributed by atoms with Gasteiger partial charge in [0.05, 0.1) is 0 Å². The van der Waals surface area contributed by atoms with E-state index in [9.17, 15) is 0 Å². The zero-order chi connectivity index (χ0) is 9.97. The second-order valence-electron chi connectivity index (χ2n) is 3.75. The Morgan fingerprint density at radius 3 is 2.86 bits per heavy atom. The fraction of sp³-hybridized carbons (Fsp3) is 0.600. The number of anilines is 1. The second-order valence-corrected chi connectivity index (χ2v) is 4.14. The summed E-state index contributed by atoms with van der Waals surface area (Å²) < 4.78 is 0. The van der Waals surface area contributed by atoms with Crippen molar-refractivity contribution in [2.45, 2.75) is 32.2 Å². The Hall–Kier alpha value is -0.830. The molecule has 0 aromatic carbocycles. The van der Waals surface area contributed by atoms with Crippen LogP contribution in [0, 0.1) is 0 Å². The van der Waals surface area contributed by atoms with Gasteiger partial charge in [0.25, 0.3) is 0 Å². The summed E-state index contributed by atoms with van der Waals surface area (Å²) in [7, 11) is 0. The van der Waals surface area contributed by atoms with Gasteiger partial charge in [0, 0.05) is 12.6 Å². The van der Waals surface area contributed by atoms with E-state index >= 15 is 0 Å². The van der Waals surface area contributed by atoms with E-state index in [0.717, 1.165) is 12.4 Å². The summed E-state index contributed by atoms with van der Waals surface area (Å²) in [6.45, 7) is 3.31. The molecule has 1 aliphatic heterocycles. The van der Waals surface area contributed by atoms with E-state index < -0.39 is 0 Å². The van der Waals surface area contributed by atoms with Gasteiger partial charge >= 0.3 is 0 Å². The lowest BCUT2D eigenvalue weighted by Gasteiger charge is -2.33. The van der Waals surface area contributed by atoms with Gasteiger partial charge in [0.1, 0.15) is 0 Å². The fourth-order valence-electron chi connectivity index (χ4n) is 1.90. The Kier molecular flexibility index (Phi) is 2.87. The highest BCUT2D eigenvalue weighted by Crippen LogP contribution is 2.22. The van der Waals surface area contributed by atoms with Gasteiger partial charge in [-0.2, -0.15) is 0 Å². The van der Waals surface area contributed by atoms with Gasteiger partial charge in [0.2, 0.25) is 0 Å². The summed E-state index contributed by atoms with van der Waals surface area (Å²) in [5, 5.41) is 8.42. The van der Waals surface area contributed by atoms with Crippen LogP contribution < -0.4 is 4.90 Å². The minimum absolute atomic E-state index is 0.457. The van der Waals surface area contributed by atoms with Crippen molar-refractivity contribution in [2.75, 3.05) is 11.4 Å². The lowest BCUT2D eigenvalue weighted by molar-refractivity contribution is 0.479. The van der Waals surface area contributed by atoms with Crippen LogP contribution in [0.1, 0.15) is 26.2 Å². The molecular weight excluding hydrogens is 198 g/mol. The topological polar surface area (TPSA) is 29.0 Å². The first-order valence-corrected chi connectivity index (χ1v) is 5.41. The van der Waals surface area contributed by atoms with E-state index in [2.05, 4.69) is 22.0 Å². The average molecular weight is 212 g/mol. The van der Waals surface area contributed by atoms with Crippen LogP contribution in [0.5, 0.6) is 0 Å². The molecule has 76 valence electrons. The molecule has 0 saturated carbocycles. The molecule has 0 spiro atoms. The predicted octanol–water partition coefficient (Wildman–Crippen LogP) is 2.51. The maximum Gasteiger partial charge on any atom is 0.151 e. The normalized spacial score (nSPS) is 22.4. The molecule has 1 unspecified atom stereocenters. The molecule has 0 aliphatic carbocycles. The Morgan fingerprint density at radius 2 is 2.21 bits per heavy atom. The molecule has 0 N–H and O–H groups in total. The van der Waals surface area contributed by atoms with Gasteiger partial charge in [-0.25, -0.2) is 0 Å². The number of rotatable bonds is 1. The van der Waals surface area contributed by atoms with Crippen molar-refractivity contribution < 1.29 is 0 Å². The number of halogens is 1. The first-order chi connectivity index (χ1) is 6.77. The number of hydrogen-bond acceptors (Lipinski definition) is 3. The van der Waals surface area contributed by atoms with E-state index in [1.165, 1.54) is 19.3 Å². The Labute approximate surface area is 89.1 Å². The van der Waals surface area contributed by atoms with Crippen LogP contribution in [0.2, 0.25) is 5.15 Å². The van der Waals surface area contributed by atoms with Crippen LogP contribution in [0.4, 0.5) is 5.82 Å². The monoisotopic (exact) mass is 211 g/mol. The first kappa shape index (κ1) is 9.71. The van der Waals surface area contributed by atoms with E-state index in [1.807, 2.05) is 6.07 Å². The first-order valence-electron chi connectivity index (χ1n) is 5.03. The Bertz CT molecular complexity index is 299. The molecular formula is C10H14ClN3. The molecule has 3 nitrogen and oxygen atoms in total. The van der Waals surface area contributed by atoms with E-state index in [-0.39, 0.29) is 0 Å². The minimum Gasteiger partial charge on any atom is -0.352 e. The average Bonchev–Trinajstić information content (AvgIpc) is 2.20. The highest BCUT2D eigenvalue weighted by atomic mass is 35.5. The van der Waals surface area contributed by atoms with Gasteiger partial charge in [-0.05, 0) is 38.3 Å². The van der Waals surface area contributed by atoms with Crippen LogP contribution in [0.25, 0.3) is 0 Å². The summed E-state index contributed by atoms with van der Waals surface area (Å²) in [6, 6.07) is 4.31. The number of hydrogen-bond donors (Lipinski definition) is 0. The summed E-state index contributed by atoms with van der Waals surface area (Å²) in [5.41, 5.74) is 0. The standard InChI is InChI=1S/C10H14ClN3/c1-8-4-2-3-7-14(8)10-6-5-9(11)12-13-10/h5-6,8H,2-4,7H2,1H3. The fourth-order valence-corrected chi connectivity index (χ4v) is 2.00. The second kappa shape index (κ2) is 4.13. The maximum absolute atomic E-state index is 5.69. The van der Waals surface area contributed by atoms with E-state index in [4.69, 9.17) is 11.6 Å². The zero-order valence-corrected chi connectivity index (χ0v) is 9.04. The molecule has 4 heteroatoms. The molecule has 2 heterocycles. The van der Waals surface area contributed by atoms with Crippen molar-refractivity contribution >= 4 is 17.4 Å². The van der Waals surface area contributed by atoms with Gasteiger partial charge in [-0.1, -0.05) is 11.6 Å². The smallest absolute Gasteiger partial charge is 0.151 e. The van der Waals surface area contributed by atoms with Crippen molar-refractivity contribution in [1.82, 2.24) is 10.2 Å². The molecule has 0 bridgehead atoms. The van der Waals surface area contributed by atoms with Crippen LogP contribution in [-0.4, -0.2) is 22.8 Å². The molecule has 1 saturated heterocycles. The third-order valence-electron chi connectivity index (χ3n) is 2.72. The molecule has 1 aromatic rings. The van der Waals surface area contributed by atoms with E-state index in [1.54, 1.807) is 6.07 Å². The molecule has 0 radical (unpaired) electrons. The summed E-state index contributed by atoms with van der Waals surface area (Å²) >= 11 is 5.69. The van der Waals surface area contributed by atoms with Crippen molar-refractivity contribution in [3.63, 3.8) is 0 Å². The largest absolute Gasteiger partial charge is 0.352 e. The van der Waals surface area contributed by atoms with Crippen molar-refractivity contribution in [3.8, 4) is 0 Å². The lowest BCUT2D eigenvalue weighted by atomic mass is 10.0. The minimum atomic E-state index is 0.457. The number of piperidine rings is 1. The molecule has 0 amide bonds. The highest BCUT2D eigenvalue weighted by molar-refractivity contribution is 6.29. The molecule has 14 heavy (non-hydrogen) atoms. The van der Waals surface area contributed by atoms with Crippen LogP contribution in [-0.2, 0) is 0 Å². The van der Waals surface area contributed by atoms with Crippen LogP contribution in [0.3, 0.4) is 0 Å². The third kappa shape index (κ3) is 1.98. The summed E-state index contributed by atoms with van der Waals surface area (Å²) in [5.74, 6) is 0.946. The predicted molar refractivity (Wildman–Crippen MR) is 57.7 cm³/mol. The molecule has 2 rings (SSSR count). The molecule has 1 aliphatic rings. The molecule has 1 fully saturated rings.